The minimum Gasteiger partial charge on any atom is -0.469 e. The van der Waals surface area contributed by atoms with Crippen LogP contribution in [0.15, 0.2) is 48.5 Å². The van der Waals surface area contributed by atoms with Gasteiger partial charge < -0.3 is 14.7 Å². The summed E-state index contributed by atoms with van der Waals surface area (Å²) >= 11 is 1.56. The Labute approximate surface area is 226 Å². The Morgan fingerprint density at radius 3 is 2.32 bits per heavy atom. The zero-order valence-electron chi connectivity index (χ0n) is 21.9. The van der Waals surface area contributed by atoms with Gasteiger partial charge in [0.2, 0.25) is 0 Å². The first-order chi connectivity index (χ1) is 18.3. The molecule has 1 amide bonds. The van der Waals surface area contributed by atoms with Gasteiger partial charge in [-0.25, -0.2) is 14.2 Å². The normalized spacial score (nSPS) is 23.2. The number of hydrogen-bond donors (Lipinski definition) is 1. The molecule has 1 saturated heterocycles. The van der Waals surface area contributed by atoms with Crippen molar-refractivity contribution < 1.29 is 23.8 Å². The average Bonchev–Trinajstić information content (AvgIpc) is 3.33. The number of nitrogens with zero attached hydrogens (tertiary/aromatic N) is 2. The minimum absolute atomic E-state index is 0.0366. The lowest BCUT2D eigenvalue weighted by Gasteiger charge is -2.49. The Bertz CT molecular complexity index is 1300. The number of likely N-dealkylation sites (tertiary alicyclic amines) is 1. The van der Waals surface area contributed by atoms with Crippen LogP contribution in [0.25, 0.3) is 21.0 Å². The molecule has 2 fully saturated rings. The number of carbonyl (C=O) groups is 2. The summed E-state index contributed by atoms with van der Waals surface area (Å²) in [6.45, 7) is 4.62. The summed E-state index contributed by atoms with van der Waals surface area (Å²) in [5.74, 6) is -0.386. The van der Waals surface area contributed by atoms with E-state index in [-0.39, 0.29) is 41.5 Å². The van der Waals surface area contributed by atoms with Crippen LogP contribution in [0.2, 0.25) is 0 Å². The highest BCUT2D eigenvalue weighted by atomic mass is 32.1. The molecular weight excluding hydrogens is 503 g/mol. The zero-order valence-corrected chi connectivity index (χ0v) is 22.7. The highest BCUT2D eigenvalue weighted by Crippen LogP contribution is 2.46. The summed E-state index contributed by atoms with van der Waals surface area (Å²) in [6, 6.07) is 14.7. The number of amides is 1. The quantitative estimate of drug-likeness (QED) is 0.338. The van der Waals surface area contributed by atoms with Crippen LogP contribution in [-0.4, -0.2) is 46.7 Å². The van der Waals surface area contributed by atoms with E-state index in [1.165, 1.54) is 24.1 Å². The van der Waals surface area contributed by atoms with E-state index >= 15 is 0 Å². The Balaban J connectivity index is 1.52. The van der Waals surface area contributed by atoms with Gasteiger partial charge in [-0.2, -0.15) is 0 Å². The molecule has 0 spiro atoms. The third-order valence-electron chi connectivity index (χ3n) is 8.06. The number of esters is 1. The van der Waals surface area contributed by atoms with Gasteiger partial charge >= 0.3 is 12.1 Å². The lowest BCUT2D eigenvalue weighted by molar-refractivity contribution is -0.147. The van der Waals surface area contributed by atoms with E-state index in [9.17, 15) is 19.1 Å². The minimum atomic E-state index is -0.869. The van der Waals surface area contributed by atoms with Crippen molar-refractivity contribution in [3.05, 3.63) is 65.6 Å². The number of halogens is 1. The first kappa shape index (κ1) is 26.4. The number of carbonyl (C=O) groups excluding carboxylic acids is 1. The van der Waals surface area contributed by atoms with Crippen molar-refractivity contribution in [3.8, 4) is 21.0 Å². The molecule has 1 aromatic heterocycles. The summed E-state index contributed by atoms with van der Waals surface area (Å²) in [7, 11) is 1.44. The maximum Gasteiger partial charge on any atom is 0.407 e. The fourth-order valence-electron chi connectivity index (χ4n) is 6.13. The van der Waals surface area contributed by atoms with Crippen LogP contribution in [0, 0.1) is 17.7 Å². The number of carboxylic acid groups (broad SMARTS) is 1. The molecule has 2 aromatic carbocycles. The van der Waals surface area contributed by atoms with Crippen LogP contribution in [0.5, 0.6) is 0 Å². The van der Waals surface area contributed by atoms with Gasteiger partial charge in [-0.3, -0.25) is 4.79 Å². The number of benzene rings is 2. The molecule has 4 atom stereocenters. The topological polar surface area (TPSA) is 79.7 Å². The van der Waals surface area contributed by atoms with Gasteiger partial charge in [-0.05, 0) is 54.2 Å². The molecule has 8 heteroatoms. The molecule has 5 rings (SSSR count). The van der Waals surface area contributed by atoms with Gasteiger partial charge in [-0.1, -0.05) is 51.0 Å². The fraction of sp³-hybridized carbons (Fsp3) is 0.433. The van der Waals surface area contributed by atoms with E-state index in [1.54, 1.807) is 23.5 Å². The number of hydrogen-bond acceptors (Lipinski definition) is 5. The number of rotatable bonds is 6. The molecule has 6 nitrogen and oxygen atoms in total. The third kappa shape index (κ3) is 4.94. The monoisotopic (exact) mass is 536 g/mol. The second kappa shape index (κ2) is 10.8. The molecule has 1 N–H and O–H groups in total. The number of ether oxygens (including phenoxy) is 1. The molecule has 38 heavy (non-hydrogen) atoms. The Hall–Kier alpha value is -3.26. The molecule has 3 aromatic rings. The van der Waals surface area contributed by atoms with Gasteiger partial charge in [0.1, 0.15) is 10.8 Å². The smallest absolute Gasteiger partial charge is 0.407 e. The van der Waals surface area contributed by atoms with E-state index in [0.717, 1.165) is 58.0 Å². The van der Waals surface area contributed by atoms with Crippen molar-refractivity contribution in [1.82, 2.24) is 9.88 Å². The predicted molar refractivity (Wildman–Crippen MR) is 146 cm³/mol. The molecule has 1 saturated carbocycles. The van der Waals surface area contributed by atoms with Crippen molar-refractivity contribution in [2.24, 2.45) is 11.8 Å². The van der Waals surface area contributed by atoms with Crippen LogP contribution < -0.4 is 0 Å². The first-order valence-corrected chi connectivity index (χ1v) is 14.0. The molecule has 0 bridgehead atoms. The molecule has 200 valence electrons. The Kier molecular flexibility index (Phi) is 7.52. The van der Waals surface area contributed by atoms with Crippen molar-refractivity contribution in [2.45, 2.75) is 57.4 Å². The lowest BCUT2D eigenvalue weighted by atomic mass is 9.76. The molecule has 2 unspecified atom stereocenters. The van der Waals surface area contributed by atoms with Crippen LogP contribution in [0.1, 0.15) is 62.6 Å². The maximum absolute atomic E-state index is 13.6. The Morgan fingerprint density at radius 2 is 1.68 bits per heavy atom. The van der Waals surface area contributed by atoms with E-state index in [0.29, 0.717) is 6.54 Å². The fourth-order valence-corrected chi connectivity index (χ4v) is 7.28. The second-order valence-corrected chi connectivity index (χ2v) is 11.7. The summed E-state index contributed by atoms with van der Waals surface area (Å²) in [5.41, 5.74) is 3.88. The molecule has 1 aliphatic carbocycles. The molecule has 2 aliphatic rings. The van der Waals surface area contributed by atoms with Gasteiger partial charge in [-0.15, -0.1) is 11.3 Å². The van der Waals surface area contributed by atoms with Crippen LogP contribution in [0.4, 0.5) is 9.18 Å². The average molecular weight is 537 g/mol. The maximum atomic E-state index is 13.6. The number of aromatic nitrogens is 1. The highest BCUT2D eigenvalue weighted by Gasteiger charge is 2.44. The predicted octanol–water partition coefficient (Wildman–Crippen LogP) is 7.16. The highest BCUT2D eigenvalue weighted by molar-refractivity contribution is 7.18. The van der Waals surface area contributed by atoms with E-state index in [1.807, 2.05) is 0 Å². The number of thiazole rings is 1. The summed E-state index contributed by atoms with van der Waals surface area (Å²) in [6.07, 6.45) is 2.78. The Morgan fingerprint density at radius 1 is 1.03 bits per heavy atom. The SMILES string of the molecule is COC(=O)[C@@H]1CCCC[C@H]1c1nc(-c2ccc(F)cc2)sc1-c1ccc(C2CN(C(=O)O)C2C(C)C)cc1. The molecule has 1 aliphatic heterocycles. The summed E-state index contributed by atoms with van der Waals surface area (Å²) in [4.78, 5) is 31.9. The van der Waals surface area contributed by atoms with E-state index in [2.05, 4.69) is 38.1 Å². The van der Waals surface area contributed by atoms with Crippen LogP contribution in [0.3, 0.4) is 0 Å². The third-order valence-corrected chi connectivity index (χ3v) is 9.23. The molecule has 0 radical (unpaired) electrons. The first-order valence-electron chi connectivity index (χ1n) is 13.2. The lowest BCUT2D eigenvalue weighted by Crippen LogP contribution is -2.59. The second-order valence-electron chi connectivity index (χ2n) is 10.7. The van der Waals surface area contributed by atoms with E-state index in [4.69, 9.17) is 9.72 Å². The summed E-state index contributed by atoms with van der Waals surface area (Å²) < 4.78 is 18.8. The van der Waals surface area contributed by atoms with Gasteiger partial charge in [0.25, 0.3) is 0 Å². The van der Waals surface area contributed by atoms with Crippen molar-refractivity contribution >= 4 is 23.4 Å². The zero-order chi connectivity index (χ0) is 27.0. The van der Waals surface area contributed by atoms with E-state index < -0.39 is 6.09 Å². The standard InChI is InChI=1S/C30H33FN2O4S/c1-17(2)26-24(16-33(26)30(35)36)18-8-10-19(11-9-18)27-25(22-6-4-5-7-23(22)29(34)37-3)32-28(38-27)20-12-14-21(31)15-13-20/h8-15,17,22-24,26H,4-7,16H2,1-3H3,(H,35,36)/t22-,23-,24?,26?/m1/s1. The number of methoxy groups -OCH3 is 1. The van der Waals surface area contributed by atoms with Crippen molar-refractivity contribution in [2.75, 3.05) is 13.7 Å². The van der Waals surface area contributed by atoms with Crippen LogP contribution in [-0.2, 0) is 9.53 Å². The molecule has 2 heterocycles. The molecular formula is C30H33FN2O4S. The van der Waals surface area contributed by atoms with Crippen molar-refractivity contribution in [1.29, 1.82) is 0 Å². The van der Waals surface area contributed by atoms with Gasteiger partial charge in [0.05, 0.1) is 23.6 Å². The van der Waals surface area contributed by atoms with Gasteiger partial charge in [0.15, 0.2) is 0 Å². The van der Waals surface area contributed by atoms with Gasteiger partial charge in [0, 0.05) is 30.0 Å². The summed E-state index contributed by atoms with van der Waals surface area (Å²) in [5, 5.41) is 10.3. The van der Waals surface area contributed by atoms with Crippen LogP contribution >= 0.6 is 11.3 Å². The van der Waals surface area contributed by atoms with Crippen molar-refractivity contribution in [3.63, 3.8) is 0 Å². The largest absolute Gasteiger partial charge is 0.469 e.